The SMILES string of the molecule is CC(=O)NS(=O)(=O)c1ccc(NC(=O)[C@H]2CC(=O)N(c3ccc(F)cc3)C2)cc1. The van der Waals surface area contributed by atoms with Crippen molar-refractivity contribution < 1.29 is 27.2 Å². The van der Waals surface area contributed by atoms with Crippen LogP contribution in [0.15, 0.2) is 53.4 Å². The zero-order valence-corrected chi connectivity index (χ0v) is 16.2. The third-order valence-corrected chi connectivity index (χ3v) is 5.79. The van der Waals surface area contributed by atoms with E-state index in [1.807, 2.05) is 4.72 Å². The maximum absolute atomic E-state index is 13.1. The highest BCUT2D eigenvalue weighted by molar-refractivity contribution is 7.90. The van der Waals surface area contributed by atoms with Crippen molar-refractivity contribution in [3.8, 4) is 0 Å². The summed E-state index contributed by atoms with van der Waals surface area (Å²) >= 11 is 0. The molecule has 2 aromatic rings. The smallest absolute Gasteiger partial charge is 0.264 e. The van der Waals surface area contributed by atoms with E-state index in [1.54, 1.807) is 0 Å². The summed E-state index contributed by atoms with van der Waals surface area (Å²) in [4.78, 5) is 37.0. The zero-order valence-electron chi connectivity index (χ0n) is 15.4. The van der Waals surface area contributed by atoms with Crippen molar-refractivity contribution in [1.29, 1.82) is 0 Å². The van der Waals surface area contributed by atoms with Gasteiger partial charge < -0.3 is 10.2 Å². The Kier molecular flexibility index (Phi) is 5.64. The second kappa shape index (κ2) is 8.00. The van der Waals surface area contributed by atoms with E-state index in [-0.39, 0.29) is 29.7 Å². The number of sulfonamides is 1. The molecule has 3 rings (SSSR count). The van der Waals surface area contributed by atoms with Gasteiger partial charge in [-0.3, -0.25) is 14.4 Å². The Morgan fingerprint density at radius 2 is 1.69 bits per heavy atom. The Balaban J connectivity index is 1.65. The normalized spacial score (nSPS) is 16.6. The first-order valence-electron chi connectivity index (χ1n) is 8.66. The zero-order chi connectivity index (χ0) is 21.2. The number of benzene rings is 2. The molecule has 0 spiro atoms. The van der Waals surface area contributed by atoms with Gasteiger partial charge in [-0.15, -0.1) is 0 Å². The molecule has 0 unspecified atom stereocenters. The van der Waals surface area contributed by atoms with E-state index in [0.717, 1.165) is 6.92 Å². The van der Waals surface area contributed by atoms with Crippen LogP contribution in [0.5, 0.6) is 0 Å². The predicted molar refractivity (Wildman–Crippen MR) is 103 cm³/mol. The van der Waals surface area contributed by atoms with Crippen molar-refractivity contribution in [3.05, 3.63) is 54.3 Å². The molecule has 2 N–H and O–H groups in total. The highest BCUT2D eigenvalue weighted by atomic mass is 32.2. The van der Waals surface area contributed by atoms with Gasteiger partial charge >= 0.3 is 0 Å². The Labute approximate surface area is 166 Å². The maximum Gasteiger partial charge on any atom is 0.264 e. The Hall–Kier alpha value is -3.27. The number of anilines is 2. The van der Waals surface area contributed by atoms with Crippen LogP contribution in [0.2, 0.25) is 0 Å². The van der Waals surface area contributed by atoms with E-state index in [2.05, 4.69) is 5.32 Å². The Bertz CT molecular complexity index is 1050. The number of carbonyl (C=O) groups excluding carboxylic acids is 3. The van der Waals surface area contributed by atoms with Crippen LogP contribution in [-0.2, 0) is 24.4 Å². The fraction of sp³-hybridized carbons (Fsp3) is 0.211. The lowest BCUT2D eigenvalue weighted by Gasteiger charge is -2.16. The molecule has 1 atom stereocenters. The summed E-state index contributed by atoms with van der Waals surface area (Å²) in [6, 6.07) is 10.7. The number of hydrogen-bond donors (Lipinski definition) is 2. The minimum Gasteiger partial charge on any atom is -0.326 e. The van der Waals surface area contributed by atoms with Crippen molar-refractivity contribution in [1.82, 2.24) is 4.72 Å². The summed E-state index contributed by atoms with van der Waals surface area (Å²) in [6.45, 7) is 1.25. The first kappa shape index (κ1) is 20.5. The number of halogens is 1. The lowest BCUT2D eigenvalue weighted by atomic mass is 10.1. The molecule has 2 aromatic carbocycles. The van der Waals surface area contributed by atoms with E-state index in [0.29, 0.717) is 11.4 Å². The van der Waals surface area contributed by atoms with E-state index in [1.165, 1.54) is 53.4 Å². The fourth-order valence-corrected chi connectivity index (χ4v) is 3.95. The Morgan fingerprint density at radius 1 is 1.07 bits per heavy atom. The molecule has 0 aromatic heterocycles. The van der Waals surface area contributed by atoms with Crippen molar-refractivity contribution in [2.75, 3.05) is 16.8 Å². The van der Waals surface area contributed by atoms with Gasteiger partial charge in [0.05, 0.1) is 10.8 Å². The van der Waals surface area contributed by atoms with Gasteiger partial charge in [-0.2, -0.15) is 0 Å². The van der Waals surface area contributed by atoms with E-state index in [9.17, 15) is 27.2 Å². The molecule has 1 aliphatic rings. The highest BCUT2D eigenvalue weighted by Crippen LogP contribution is 2.26. The van der Waals surface area contributed by atoms with Crippen LogP contribution in [-0.4, -0.2) is 32.7 Å². The lowest BCUT2D eigenvalue weighted by molar-refractivity contribution is -0.122. The molecule has 3 amide bonds. The molecule has 1 aliphatic heterocycles. The second-order valence-corrected chi connectivity index (χ2v) is 8.24. The average molecular weight is 419 g/mol. The largest absolute Gasteiger partial charge is 0.326 e. The van der Waals surface area contributed by atoms with Crippen LogP contribution in [0.3, 0.4) is 0 Å². The van der Waals surface area contributed by atoms with Gasteiger partial charge in [-0.25, -0.2) is 17.5 Å². The third-order valence-electron chi connectivity index (χ3n) is 4.34. The maximum atomic E-state index is 13.1. The molecule has 10 heteroatoms. The topological polar surface area (TPSA) is 113 Å². The van der Waals surface area contributed by atoms with E-state index >= 15 is 0 Å². The fourth-order valence-electron chi connectivity index (χ4n) is 2.96. The molecule has 0 bridgehead atoms. The molecule has 0 saturated carbocycles. The third kappa shape index (κ3) is 4.77. The van der Waals surface area contributed by atoms with Crippen LogP contribution in [0.1, 0.15) is 13.3 Å². The van der Waals surface area contributed by atoms with Gasteiger partial charge in [0, 0.05) is 31.3 Å². The second-order valence-electron chi connectivity index (χ2n) is 6.56. The van der Waals surface area contributed by atoms with Gasteiger partial charge in [0.15, 0.2) is 0 Å². The molecule has 8 nitrogen and oxygen atoms in total. The average Bonchev–Trinajstić information content (AvgIpc) is 3.04. The quantitative estimate of drug-likeness (QED) is 0.765. The summed E-state index contributed by atoms with van der Waals surface area (Å²) in [6.07, 6.45) is 0.0121. The first-order chi connectivity index (χ1) is 13.7. The van der Waals surface area contributed by atoms with Crippen LogP contribution >= 0.6 is 0 Å². The van der Waals surface area contributed by atoms with Gasteiger partial charge in [0.25, 0.3) is 10.0 Å². The highest BCUT2D eigenvalue weighted by Gasteiger charge is 2.35. The minimum atomic E-state index is -3.96. The molecule has 0 radical (unpaired) electrons. The first-order valence-corrected chi connectivity index (χ1v) is 10.1. The number of nitrogens with zero attached hydrogens (tertiary/aromatic N) is 1. The van der Waals surface area contributed by atoms with Crippen molar-refractivity contribution in [2.24, 2.45) is 5.92 Å². The number of amides is 3. The number of carbonyl (C=O) groups is 3. The Morgan fingerprint density at radius 3 is 2.28 bits per heavy atom. The van der Waals surface area contributed by atoms with Gasteiger partial charge in [-0.05, 0) is 48.5 Å². The summed E-state index contributed by atoms with van der Waals surface area (Å²) < 4.78 is 38.8. The molecule has 1 heterocycles. The van der Waals surface area contributed by atoms with Crippen LogP contribution < -0.4 is 14.9 Å². The standard InChI is InChI=1S/C19H18FN3O5S/c1-12(24)22-29(27,28)17-8-4-15(5-9-17)21-19(26)13-10-18(25)23(11-13)16-6-2-14(20)3-7-16/h2-9,13H,10-11H2,1H3,(H,21,26)(H,22,24)/t13-/m0/s1. The van der Waals surface area contributed by atoms with Crippen LogP contribution in [0, 0.1) is 11.7 Å². The van der Waals surface area contributed by atoms with Gasteiger partial charge in [0.2, 0.25) is 17.7 Å². The molecule has 1 saturated heterocycles. The summed E-state index contributed by atoms with van der Waals surface area (Å²) in [5.74, 6) is -2.36. The molecule has 152 valence electrons. The lowest BCUT2D eigenvalue weighted by Crippen LogP contribution is -2.28. The molecular formula is C19H18FN3O5S. The minimum absolute atomic E-state index is 0.0121. The summed E-state index contributed by atoms with van der Waals surface area (Å²) in [5, 5.41) is 2.64. The van der Waals surface area contributed by atoms with E-state index in [4.69, 9.17) is 0 Å². The van der Waals surface area contributed by atoms with Crippen molar-refractivity contribution in [3.63, 3.8) is 0 Å². The number of hydrogen-bond acceptors (Lipinski definition) is 5. The van der Waals surface area contributed by atoms with Gasteiger partial charge in [-0.1, -0.05) is 0 Å². The van der Waals surface area contributed by atoms with Crippen molar-refractivity contribution >= 4 is 39.1 Å². The van der Waals surface area contributed by atoms with Gasteiger partial charge in [0.1, 0.15) is 5.82 Å². The van der Waals surface area contributed by atoms with Crippen LogP contribution in [0.4, 0.5) is 15.8 Å². The molecule has 0 aliphatic carbocycles. The monoisotopic (exact) mass is 419 g/mol. The van der Waals surface area contributed by atoms with E-state index < -0.39 is 27.7 Å². The number of nitrogens with one attached hydrogen (secondary N) is 2. The molecular weight excluding hydrogens is 401 g/mol. The van der Waals surface area contributed by atoms with Crippen molar-refractivity contribution in [2.45, 2.75) is 18.2 Å². The summed E-state index contributed by atoms with van der Waals surface area (Å²) in [5.41, 5.74) is 0.865. The number of rotatable bonds is 5. The summed E-state index contributed by atoms with van der Waals surface area (Å²) in [7, 11) is -3.96. The predicted octanol–water partition coefficient (Wildman–Crippen LogP) is 1.64. The molecule has 29 heavy (non-hydrogen) atoms. The molecule has 1 fully saturated rings. The van der Waals surface area contributed by atoms with Crippen LogP contribution in [0.25, 0.3) is 0 Å².